The molecule has 166 valence electrons. The van der Waals surface area contributed by atoms with Crippen LogP contribution in [0.3, 0.4) is 0 Å². The van der Waals surface area contributed by atoms with E-state index < -0.39 is 35.9 Å². The fourth-order valence-corrected chi connectivity index (χ4v) is 3.26. The zero-order valence-electron chi connectivity index (χ0n) is 18.0. The Morgan fingerprint density at radius 1 is 0.806 bits per heavy atom. The Morgan fingerprint density at radius 2 is 1.29 bits per heavy atom. The number of carboxylic acid groups (broad SMARTS) is 1. The maximum Gasteiger partial charge on any atom is 0.326 e. The van der Waals surface area contributed by atoms with E-state index in [2.05, 4.69) is 10.6 Å². The van der Waals surface area contributed by atoms with Gasteiger partial charge in [-0.2, -0.15) is 0 Å². The van der Waals surface area contributed by atoms with E-state index >= 15 is 0 Å². The lowest BCUT2D eigenvalue weighted by molar-refractivity contribution is -0.142. The van der Waals surface area contributed by atoms with Gasteiger partial charge in [0.2, 0.25) is 11.8 Å². The Balaban J connectivity index is 2.04. The van der Waals surface area contributed by atoms with Crippen LogP contribution in [-0.2, 0) is 27.2 Å². The van der Waals surface area contributed by atoms with Crippen LogP contribution < -0.4 is 16.4 Å². The molecule has 31 heavy (non-hydrogen) atoms. The van der Waals surface area contributed by atoms with Gasteiger partial charge in [-0.1, -0.05) is 74.5 Å². The van der Waals surface area contributed by atoms with Crippen LogP contribution in [-0.4, -0.2) is 41.0 Å². The van der Waals surface area contributed by atoms with Gasteiger partial charge in [0, 0.05) is 6.42 Å². The van der Waals surface area contributed by atoms with Gasteiger partial charge in [0.1, 0.15) is 12.1 Å². The highest BCUT2D eigenvalue weighted by Gasteiger charge is 2.28. The first kappa shape index (κ1) is 24.1. The molecule has 0 bridgehead atoms. The summed E-state index contributed by atoms with van der Waals surface area (Å²) in [5.74, 6) is -2.00. The fraction of sp³-hybridized carbons (Fsp3) is 0.375. The van der Waals surface area contributed by atoms with Crippen LogP contribution in [0, 0.1) is 5.92 Å². The second-order valence-corrected chi connectivity index (χ2v) is 8.08. The van der Waals surface area contributed by atoms with E-state index in [1.807, 2.05) is 62.4 Å². The number of carbonyl (C=O) groups excluding carboxylic acids is 2. The summed E-state index contributed by atoms with van der Waals surface area (Å²) in [6.07, 6.45) is 0.861. The van der Waals surface area contributed by atoms with Crippen molar-refractivity contribution in [3.8, 4) is 0 Å². The quantitative estimate of drug-likeness (QED) is 0.438. The minimum absolute atomic E-state index is 0.110. The van der Waals surface area contributed by atoms with E-state index in [1.165, 1.54) is 0 Å². The van der Waals surface area contributed by atoms with Crippen LogP contribution >= 0.6 is 0 Å². The highest BCUT2D eigenvalue weighted by atomic mass is 16.4. The average Bonchev–Trinajstić information content (AvgIpc) is 2.73. The van der Waals surface area contributed by atoms with Crippen molar-refractivity contribution < 1.29 is 19.5 Å². The average molecular weight is 426 g/mol. The number of hydrogen-bond donors (Lipinski definition) is 4. The molecule has 0 fully saturated rings. The predicted octanol–water partition coefficient (Wildman–Crippen LogP) is 1.90. The van der Waals surface area contributed by atoms with Crippen molar-refractivity contribution in [2.24, 2.45) is 11.7 Å². The van der Waals surface area contributed by atoms with Crippen molar-refractivity contribution in [3.63, 3.8) is 0 Å². The Morgan fingerprint density at radius 3 is 1.77 bits per heavy atom. The molecule has 0 heterocycles. The van der Waals surface area contributed by atoms with Crippen molar-refractivity contribution >= 4 is 17.8 Å². The minimum Gasteiger partial charge on any atom is -0.480 e. The molecule has 3 atom stereocenters. The standard InChI is InChI=1S/C24H31N3O4/c1-16(2)13-20(26-22(28)19(25)14-17-9-5-3-6-10-17)23(29)27-21(24(30)31)15-18-11-7-4-8-12-18/h3-12,16,19-21H,13-15,25H2,1-2H3,(H,26,28)(H,27,29)(H,30,31)/t19-,20-,21-/m0/s1. The zero-order valence-corrected chi connectivity index (χ0v) is 18.0. The maximum absolute atomic E-state index is 12.9. The highest BCUT2D eigenvalue weighted by Crippen LogP contribution is 2.09. The van der Waals surface area contributed by atoms with Gasteiger partial charge in [0.05, 0.1) is 6.04 Å². The monoisotopic (exact) mass is 425 g/mol. The van der Waals surface area contributed by atoms with E-state index in [0.29, 0.717) is 12.8 Å². The van der Waals surface area contributed by atoms with Crippen LogP contribution in [0.25, 0.3) is 0 Å². The number of benzene rings is 2. The van der Waals surface area contributed by atoms with E-state index in [0.717, 1.165) is 11.1 Å². The van der Waals surface area contributed by atoms with Crippen molar-refractivity contribution in [2.45, 2.75) is 51.2 Å². The molecule has 0 spiro atoms. The topological polar surface area (TPSA) is 122 Å². The van der Waals surface area contributed by atoms with Crippen LogP contribution in [0.1, 0.15) is 31.4 Å². The fourth-order valence-electron chi connectivity index (χ4n) is 3.26. The first-order valence-corrected chi connectivity index (χ1v) is 10.4. The largest absolute Gasteiger partial charge is 0.480 e. The molecular weight excluding hydrogens is 394 g/mol. The number of nitrogens with two attached hydrogens (primary N) is 1. The smallest absolute Gasteiger partial charge is 0.326 e. The lowest BCUT2D eigenvalue weighted by Crippen LogP contribution is -2.55. The molecule has 0 radical (unpaired) electrons. The Hall–Kier alpha value is -3.19. The van der Waals surface area contributed by atoms with Crippen molar-refractivity contribution in [2.75, 3.05) is 0 Å². The molecule has 0 aliphatic carbocycles. The summed E-state index contributed by atoms with van der Waals surface area (Å²) < 4.78 is 0. The SMILES string of the molecule is CC(C)C[C@H](NC(=O)[C@@H](N)Cc1ccccc1)C(=O)N[C@@H](Cc1ccccc1)C(=O)O. The van der Waals surface area contributed by atoms with Gasteiger partial charge in [-0.15, -0.1) is 0 Å². The second kappa shape index (κ2) is 11.9. The van der Waals surface area contributed by atoms with Crippen molar-refractivity contribution in [1.29, 1.82) is 0 Å². The predicted molar refractivity (Wildman–Crippen MR) is 119 cm³/mol. The van der Waals surface area contributed by atoms with Crippen LogP contribution in [0.5, 0.6) is 0 Å². The van der Waals surface area contributed by atoms with E-state index in [4.69, 9.17) is 5.73 Å². The molecule has 0 saturated heterocycles. The van der Waals surface area contributed by atoms with Crippen molar-refractivity contribution in [3.05, 3.63) is 71.8 Å². The number of rotatable bonds is 11. The summed E-state index contributed by atoms with van der Waals surface area (Å²) in [6, 6.07) is 15.7. The number of carboxylic acids is 1. The molecule has 5 N–H and O–H groups in total. The van der Waals surface area contributed by atoms with Crippen molar-refractivity contribution in [1.82, 2.24) is 10.6 Å². The number of nitrogens with one attached hydrogen (secondary N) is 2. The van der Waals surface area contributed by atoms with Crippen LogP contribution in [0.4, 0.5) is 0 Å². The normalized spacial score (nSPS) is 13.8. The molecule has 2 rings (SSSR count). The number of aliphatic carboxylic acids is 1. The summed E-state index contributed by atoms with van der Waals surface area (Å²) in [6.45, 7) is 3.85. The third-order valence-electron chi connectivity index (χ3n) is 4.87. The van der Waals surface area contributed by atoms with Gasteiger partial charge in [0.15, 0.2) is 0 Å². The number of carbonyl (C=O) groups is 3. The molecule has 2 amide bonds. The number of amides is 2. The first-order chi connectivity index (χ1) is 14.8. The minimum atomic E-state index is -1.13. The second-order valence-electron chi connectivity index (χ2n) is 8.08. The first-order valence-electron chi connectivity index (χ1n) is 10.4. The summed E-state index contributed by atoms with van der Waals surface area (Å²) in [5, 5.41) is 14.8. The summed E-state index contributed by atoms with van der Waals surface area (Å²) >= 11 is 0. The van der Waals surface area contributed by atoms with E-state index in [-0.39, 0.29) is 12.3 Å². The van der Waals surface area contributed by atoms with E-state index in [9.17, 15) is 19.5 Å². The molecular formula is C24H31N3O4. The molecule has 0 aliphatic rings. The molecule has 0 unspecified atom stereocenters. The van der Waals surface area contributed by atoms with Gasteiger partial charge in [-0.3, -0.25) is 9.59 Å². The lowest BCUT2D eigenvalue weighted by atomic mass is 10.0. The number of hydrogen-bond acceptors (Lipinski definition) is 4. The molecule has 7 heteroatoms. The third kappa shape index (κ3) is 8.22. The maximum atomic E-state index is 12.9. The Kier molecular flexibility index (Phi) is 9.21. The van der Waals surface area contributed by atoms with Crippen LogP contribution in [0.15, 0.2) is 60.7 Å². The van der Waals surface area contributed by atoms with Gasteiger partial charge < -0.3 is 21.5 Å². The van der Waals surface area contributed by atoms with Gasteiger partial charge in [0.25, 0.3) is 0 Å². The van der Waals surface area contributed by atoms with E-state index in [1.54, 1.807) is 12.1 Å². The summed E-state index contributed by atoms with van der Waals surface area (Å²) in [5.41, 5.74) is 7.76. The Bertz CT molecular complexity index is 856. The van der Waals surface area contributed by atoms with Gasteiger partial charge in [-0.25, -0.2) is 4.79 Å². The summed E-state index contributed by atoms with van der Waals surface area (Å²) in [4.78, 5) is 37.2. The third-order valence-corrected chi connectivity index (χ3v) is 4.87. The molecule has 2 aromatic carbocycles. The van der Waals surface area contributed by atoms with Gasteiger partial charge >= 0.3 is 5.97 Å². The molecule has 0 saturated carbocycles. The molecule has 0 aliphatic heterocycles. The lowest BCUT2D eigenvalue weighted by Gasteiger charge is -2.24. The zero-order chi connectivity index (χ0) is 22.8. The molecule has 7 nitrogen and oxygen atoms in total. The highest BCUT2D eigenvalue weighted by molar-refractivity contribution is 5.91. The molecule has 0 aromatic heterocycles. The molecule has 2 aromatic rings. The Labute approximate surface area is 183 Å². The summed E-state index contributed by atoms with van der Waals surface area (Å²) in [7, 11) is 0. The van der Waals surface area contributed by atoms with Gasteiger partial charge in [-0.05, 0) is 29.9 Å². The van der Waals surface area contributed by atoms with Crippen LogP contribution in [0.2, 0.25) is 0 Å².